The molecule has 0 bridgehead atoms. The maximum Gasteiger partial charge on any atom is 0.277 e. The van der Waals surface area contributed by atoms with Gasteiger partial charge in [-0.15, -0.1) is 10.2 Å². The van der Waals surface area contributed by atoms with Gasteiger partial charge in [0.2, 0.25) is 5.89 Å². The van der Waals surface area contributed by atoms with Crippen molar-refractivity contribution in [1.82, 2.24) is 10.2 Å². The van der Waals surface area contributed by atoms with Crippen LogP contribution in [0.2, 0.25) is 5.02 Å². The van der Waals surface area contributed by atoms with Crippen LogP contribution in [0.15, 0.2) is 58.2 Å². The number of carbonyl (C=O) groups is 1. The molecule has 1 aromatic heterocycles. The van der Waals surface area contributed by atoms with E-state index < -0.39 is 0 Å². The van der Waals surface area contributed by atoms with Gasteiger partial charge in [-0.3, -0.25) is 4.79 Å². The van der Waals surface area contributed by atoms with E-state index in [9.17, 15) is 4.79 Å². The quantitative estimate of drug-likeness (QED) is 0.385. The van der Waals surface area contributed by atoms with E-state index in [0.29, 0.717) is 21.7 Å². The van der Waals surface area contributed by atoms with Gasteiger partial charge in [0.15, 0.2) is 5.78 Å². The van der Waals surface area contributed by atoms with Crippen molar-refractivity contribution in [3.05, 3.63) is 64.7 Å². The Kier molecular flexibility index (Phi) is 5.72. The number of rotatable bonds is 5. The minimum Gasteiger partial charge on any atom is -0.411 e. The maximum absolute atomic E-state index is 12.5. The Bertz CT molecular complexity index is 928. The molecule has 0 aliphatic carbocycles. The van der Waals surface area contributed by atoms with Crippen LogP contribution in [0.4, 0.5) is 0 Å². The first-order valence-electron chi connectivity index (χ1n) is 8.65. The molecule has 3 rings (SSSR count). The first kappa shape index (κ1) is 19.6. The fourth-order valence-corrected chi connectivity index (χ4v) is 3.43. The fraction of sp³-hybridized carbons (Fsp3) is 0.286. The Hall–Kier alpha value is -2.11. The van der Waals surface area contributed by atoms with Crippen LogP contribution in [0.25, 0.3) is 11.5 Å². The summed E-state index contributed by atoms with van der Waals surface area (Å²) < 4.78 is 5.74. The zero-order chi connectivity index (χ0) is 19.6. The number of aromatic nitrogens is 2. The summed E-state index contributed by atoms with van der Waals surface area (Å²) in [6, 6.07) is 14.9. The van der Waals surface area contributed by atoms with E-state index in [0.717, 1.165) is 5.56 Å². The van der Waals surface area contributed by atoms with Crippen molar-refractivity contribution in [2.45, 2.75) is 43.6 Å². The Morgan fingerprint density at radius 2 is 1.67 bits per heavy atom. The highest BCUT2D eigenvalue weighted by Crippen LogP contribution is 2.29. The minimum absolute atomic E-state index is 0.00838. The lowest BCUT2D eigenvalue weighted by Crippen LogP contribution is -2.13. The number of nitrogens with zero attached hydrogens (tertiary/aromatic N) is 2. The summed E-state index contributed by atoms with van der Waals surface area (Å²) >= 11 is 7.12. The highest BCUT2D eigenvalue weighted by atomic mass is 35.5. The lowest BCUT2D eigenvalue weighted by molar-refractivity contribution is 0.0993. The van der Waals surface area contributed by atoms with Gasteiger partial charge in [0, 0.05) is 16.1 Å². The molecule has 0 radical (unpaired) electrons. The third-order valence-electron chi connectivity index (χ3n) is 4.18. The highest BCUT2D eigenvalue weighted by Gasteiger charge is 2.20. The Morgan fingerprint density at radius 1 is 1.04 bits per heavy atom. The van der Waals surface area contributed by atoms with Crippen LogP contribution >= 0.6 is 23.4 Å². The Morgan fingerprint density at radius 3 is 2.26 bits per heavy atom. The molecule has 0 aliphatic rings. The molecule has 0 saturated carbocycles. The molecule has 0 amide bonds. The van der Waals surface area contributed by atoms with E-state index in [1.807, 2.05) is 19.1 Å². The van der Waals surface area contributed by atoms with E-state index in [1.54, 1.807) is 24.3 Å². The molecule has 4 nitrogen and oxygen atoms in total. The normalized spacial score (nSPS) is 12.8. The van der Waals surface area contributed by atoms with Gasteiger partial charge in [-0.25, -0.2) is 0 Å². The molecule has 0 unspecified atom stereocenters. The molecule has 1 atom stereocenters. The number of carbonyl (C=O) groups excluding carboxylic acids is 1. The SMILES string of the molecule is C[C@H](Sc1nnc(-c2ccc(C(C)(C)C)cc2)o1)C(=O)c1ccc(Cl)cc1. The topological polar surface area (TPSA) is 56.0 Å². The largest absolute Gasteiger partial charge is 0.411 e. The number of halogens is 1. The second-order valence-corrected chi connectivity index (χ2v) is 9.06. The number of Topliss-reactive ketones (excluding diaryl/α,β-unsaturated/α-hetero) is 1. The molecule has 3 aromatic rings. The van der Waals surface area contributed by atoms with Crippen molar-refractivity contribution in [2.24, 2.45) is 0 Å². The molecule has 2 aromatic carbocycles. The molecule has 0 saturated heterocycles. The van der Waals surface area contributed by atoms with Gasteiger partial charge in [-0.2, -0.15) is 0 Å². The average Bonchev–Trinajstić information content (AvgIpc) is 3.09. The smallest absolute Gasteiger partial charge is 0.277 e. The van der Waals surface area contributed by atoms with E-state index in [2.05, 4.69) is 43.1 Å². The van der Waals surface area contributed by atoms with E-state index in [-0.39, 0.29) is 16.4 Å². The van der Waals surface area contributed by atoms with Crippen LogP contribution in [0.5, 0.6) is 0 Å². The Labute approximate surface area is 168 Å². The third kappa shape index (κ3) is 4.79. The van der Waals surface area contributed by atoms with Crippen molar-refractivity contribution in [3.8, 4) is 11.5 Å². The maximum atomic E-state index is 12.5. The number of benzene rings is 2. The average molecular weight is 401 g/mol. The van der Waals surface area contributed by atoms with Gasteiger partial charge in [0.25, 0.3) is 5.22 Å². The van der Waals surface area contributed by atoms with Crippen LogP contribution in [-0.2, 0) is 5.41 Å². The van der Waals surface area contributed by atoms with Crippen molar-refractivity contribution in [2.75, 3.05) is 0 Å². The van der Waals surface area contributed by atoms with Crippen LogP contribution < -0.4 is 0 Å². The summed E-state index contributed by atoms with van der Waals surface area (Å²) in [6.45, 7) is 8.33. The van der Waals surface area contributed by atoms with Crippen LogP contribution in [0, 0.1) is 0 Å². The van der Waals surface area contributed by atoms with Gasteiger partial charge in [-0.05, 0) is 54.3 Å². The molecule has 6 heteroatoms. The van der Waals surface area contributed by atoms with Crippen LogP contribution in [-0.4, -0.2) is 21.2 Å². The van der Waals surface area contributed by atoms with Gasteiger partial charge in [0.05, 0.1) is 5.25 Å². The van der Waals surface area contributed by atoms with Crippen molar-refractivity contribution in [3.63, 3.8) is 0 Å². The summed E-state index contributed by atoms with van der Waals surface area (Å²) in [4.78, 5) is 12.5. The van der Waals surface area contributed by atoms with Gasteiger partial charge >= 0.3 is 0 Å². The summed E-state index contributed by atoms with van der Waals surface area (Å²) in [5, 5.41) is 8.81. The van der Waals surface area contributed by atoms with Gasteiger partial charge < -0.3 is 4.42 Å². The number of hydrogen-bond donors (Lipinski definition) is 0. The second-order valence-electron chi connectivity index (χ2n) is 7.33. The molecular formula is C21H21ClN2O2S. The minimum atomic E-state index is -0.345. The first-order chi connectivity index (χ1) is 12.7. The predicted molar refractivity (Wildman–Crippen MR) is 110 cm³/mol. The number of thioether (sulfide) groups is 1. The summed E-state index contributed by atoms with van der Waals surface area (Å²) in [6.07, 6.45) is 0. The van der Waals surface area contributed by atoms with Crippen LogP contribution in [0.1, 0.15) is 43.6 Å². The predicted octanol–water partition coefficient (Wildman–Crippen LogP) is 6.05. The van der Waals surface area contributed by atoms with E-state index >= 15 is 0 Å². The van der Waals surface area contributed by atoms with Gasteiger partial charge in [0.1, 0.15) is 0 Å². The van der Waals surface area contributed by atoms with Crippen LogP contribution in [0.3, 0.4) is 0 Å². The fourth-order valence-electron chi connectivity index (χ4n) is 2.54. The summed E-state index contributed by atoms with van der Waals surface area (Å²) in [5.74, 6) is 0.440. The zero-order valence-electron chi connectivity index (χ0n) is 15.7. The molecular weight excluding hydrogens is 380 g/mol. The Balaban J connectivity index is 1.70. The molecule has 27 heavy (non-hydrogen) atoms. The second kappa shape index (κ2) is 7.87. The first-order valence-corrected chi connectivity index (χ1v) is 9.90. The molecule has 0 aliphatic heterocycles. The monoisotopic (exact) mass is 400 g/mol. The lowest BCUT2D eigenvalue weighted by atomic mass is 9.87. The zero-order valence-corrected chi connectivity index (χ0v) is 17.3. The van der Waals surface area contributed by atoms with E-state index in [4.69, 9.17) is 16.0 Å². The van der Waals surface area contributed by atoms with Gasteiger partial charge in [-0.1, -0.05) is 56.3 Å². The van der Waals surface area contributed by atoms with Crippen molar-refractivity contribution >= 4 is 29.1 Å². The molecule has 1 heterocycles. The molecule has 140 valence electrons. The standard InChI is InChI=1S/C21H21ClN2O2S/c1-13(18(25)14-7-11-17(22)12-8-14)27-20-24-23-19(26-20)15-5-9-16(10-6-15)21(2,3)4/h5-13H,1-4H3/t13-/m0/s1. The van der Waals surface area contributed by atoms with E-state index in [1.165, 1.54) is 17.3 Å². The summed E-state index contributed by atoms with van der Waals surface area (Å²) in [7, 11) is 0. The molecule has 0 fully saturated rings. The lowest BCUT2D eigenvalue weighted by Gasteiger charge is -2.18. The molecule has 0 N–H and O–H groups in total. The number of hydrogen-bond acceptors (Lipinski definition) is 5. The highest BCUT2D eigenvalue weighted by molar-refractivity contribution is 8.00. The summed E-state index contributed by atoms with van der Waals surface area (Å²) in [5.41, 5.74) is 2.80. The van der Waals surface area contributed by atoms with Crippen molar-refractivity contribution in [1.29, 1.82) is 0 Å². The third-order valence-corrected chi connectivity index (χ3v) is 5.37. The number of ketones is 1. The van der Waals surface area contributed by atoms with Crippen molar-refractivity contribution < 1.29 is 9.21 Å². The molecule has 0 spiro atoms.